The van der Waals surface area contributed by atoms with Crippen LogP contribution >= 0.6 is 11.6 Å². The highest BCUT2D eigenvalue weighted by atomic mass is 35.5. The van der Waals surface area contributed by atoms with Gasteiger partial charge >= 0.3 is 0 Å². The van der Waals surface area contributed by atoms with E-state index in [0.717, 1.165) is 18.7 Å². The summed E-state index contributed by atoms with van der Waals surface area (Å²) in [5.74, 6) is 1.32. The van der Waals surface area contributed by atoms with Crippen molar-refractivity contribution in [2.75, 3.05) is 19.0 Å². The third-order valence-electron chi connectivity index (χ3n) is 3.66. The van der Waals surface area contributed by atoms with Crippen molar-refractivity contribution >= 4 is 17.3 Å². The van der Waals surface area contributed by atoms with Crippen molar-refractivity contribution in [2.45, 2.75) is 12.3 Å². The van der Waals surface area contributed by atoms with Gasteiger partial charge in [-0.3, -0.25) is 0 Å². The summed E-state index contributed by atoms with van der Waals surface area (Å²) in [4.78, 5) is 0. The van der Waals surface area contributed by atoms with Crippen molar-refractivity contribution < 1.29 is 4.74 Å². The molecule has 1 aliphatic rings. The fourth-order valence-electron chi connectivity index (χ4n) is 2.56. The van der Waals surface area contributed by atoms with Crippen molar-refractivity contribution in [1.82, 2.24) is 0 Å². The maximum atomic E-state index is 6.01. The average molecular weight is 274 g/mol. The van der Waals surface area contributed by atoms with Gasteiger partial charge in [0.05, 0.1) is 12.1 Å². The third kappa shape index (κ3) is 2.41. The summed E-state index contributed by atoms with van der Waals surface area (Å²) in [6.07, 6.45) is 1.16. The van der Waals surface area contributed by atoms with Crippen LogP contribution in [0.15, 0.2) is 42.5 Å². The number of methoxy groups -OCH3 is 1. The van der Waals surface area contributed by atoms with E-state index < -0.39 is 0 Å². The Balaban J connectivity index is 1.65. The minimum Gasteiger partial charge on any atom is -0.495 e. The van der Waals surface area contributed by atoms with Crippen LogP contribution in [0, 0.1) is 0 Å². The summed E-state index contributed by atoms with van der Waals surface area (Å²) in [6, 6.07) is 14.4. The molecule has 1 unspecified atom stereocenters. The Kier molecular flexibility index (Phi) is 3.34. The molecule has 0 bridgehead atoms. The van der Waals surface area contributed by atoms with Gasteiger partial charge in [0.1, 0.15) is 5.75 Å². The highest BCUT2D eigenvalue weighted by molar-refractivity contribution is 6.32. The number of benzene rings is 2. The number of hydrogen-bond donors (Lipinski definition) is 1. The standard InChI is InChI=1S/C16H16ClNO/c1-19-16-9-13(6-7-15(16)17)18-10-12-8-11-4-2-3-5-14(11)12/h2-7,9,12,18H,8,10H2,1H3. The Hall–Kier alpha value is -1.67. The van der Waals surface area contributed by atoms with Crippen LogP contribution in [0.4, 0.5) is 5.69 Å². The molecule has 0 saturated carbocycles. The highest BCUT2D eigenvalue weighted by Gasteiger charge is 2.24. The van der Waals surface area contributed by atoms with Gasteiger partial charge in [0, 0.05) is 24.2 Å². The van der Waals surface area contributed by atoms with E-state index in [2.05, 4.69) is 29.6 Å². The van der Waals surface area contributed by atoms with Crippen LogP contribution in [-0.4, -0.2) is 13.7 Å². The second-order valence-electron chi connectivity index (χ2n) is 4.83. The van der Waals surface area contributed by atoms with Crippen LogP contribution in [0.3, 0.4) is 0 Å². The molecule has 0 radical (unpaired) electrons. The van der Waals surface area contributed by atoms with Crippen molar-refractivity contribution in [2.24, 2.45) is 0 Å². The Morgan fingerprint density at radius 3 is 2.89 bits per heavy atom. The van der Waals surface area contributed by atoms with Gasteiger partial charge in [0.2, 0.25) is 0 Å². The second kappa shape index (κ2) is 5.14. The normalized spacial score (nSPS) is 16.4. The third-order valence-corrected chi connectivity index (χ3v) is 3.98. The molecule has 0 amide bonds. The minimum atomic E-state index is 0.609. The molecule has 1 aliphatic carbocycles. The zero-order chi connectivity index (χ0) is 13.2. The van der Waals surface area contributed by atoms with Crippen molar-refractivity contribution in [3.63, 3.8) is 0 Å². The Labute approximate surface area is 118 Å². The monoisotopic (exact) mass is 273 g/mol. The number of nitrogens with one attached hydrogen (secondary N) is 1. The van der Waals surface area contributed by atoms with Crippen LogP contribution in [0.25, 0.3) is 0 Å². The summed E-state index contributed by atoms with van der Waals surface area (Å²) >= 11 is 6.01. The van der Waals surface area contributed by atoms with Crippen LogP contribution in [0.5, 0.6) is 5.75 Å². The molecule has 0 aromatic heterocycles. The molecule has 3 rings (SSSR count). The number of anilines is 1. The molecule has 2 nitrogen and oxygen atoms in total. The van der Waals surface area contributed by atoms with Gasteiger partial charge in [-0.05, 0) is 29.7 Å². The molecule has 3 heteroatoms. The average Bonchev–Trinajstić information content (AvgIpc) is 2.41. The molecule has 19 heavy (non-hydrogen) atoms. The van der Waals surface area contributed by atoms with Gasteiger partial charge in [-0.25, -0.2) is 0 Å². The van der Waals surface area contributed by atoms with Crippen molar-refractivity contribution in [3.05, 3.63) is 58.6 Å². The van der Waals surface area contributed by atoms with E-state index in [1.165, 1.54) is 11.1 Å². The Bertz CT molecular complexity index is 597. The fourth-order valence-corrected chi connectivity index (χ4v) is 2.75. The van der Waals surface area contributed by atoms with Gasteiger partial charge < -0.3 is 10.1 Å². The molecular weight excluding hydrogens is 258 g/mol. The van der Waals surface area contributed by atoms with E-state index >= 15 is 0 Å². The lowest BCUT2D eigenvalue weighted by Gasteiger charge is -2.30. The quantitative estimate of drug-likeness (QED) is 0.905. The molecule has 1 atom stereocenters. The molecular formula is C16H16ClNO. The van der Waals surface area contributed by atoms with Crippen LogP contribution < -0.4 is 10.1 Å². The van der Waals surface area contributed by atoms with E-state index in [9.17, 15) is 0 Å². The van der Waals surface area contributed by atoms with E-state index in [-0.39, 0.29) is 0 Å². The largest absolute Gasteiger partial charge is 0.495 e. The number of hydrogen-bond acceptors (Lipinski definition) is 2. The topological polar surface area (TPSA) is 21.3 Å². The Morgan fingerprint density at radius 2 is 2.11 bits per heavy atom. The number of ether oxygens (including phenoxy) is 1. The Morgan fingerprint density at radius 1 is 1.26 bits per heavy atom. The smallest absolute Gasteiger partial charge is 0.139 e. The predicted molar refractivity (Wildman–Crippen MR) is 79.4 cm³/mol. The SMILES string of the molecule is COc1cc(NCC2Cc3ccccc32)ccc1Cl. The lowest BCUT2D eigenvalue weighted by Crippen LogP contribution is -2.24. The molecule has 0 spiro atoms. The molecule has 0 saturated heterocycles. The molecule has 0 heterocycles. The predicted octanol–water partition coefficient (Wildman–Crippen LogP) is 4.10. The van der Waals surface area contributed by atoms with Gasteiger partial charge in [-0.2, -0.15) is 0 Å². The fraction of sp³-hybridized carbons (Fsp3) is 0.250. The lowest BCUT2D eigenvalue weighted by molar-refractivity contribution is 0.415. The molecule has 1 N–H and O–H groups in total. The molecule has 0 aliphatic heterocycles. The second-order valence-corrected chi connectivity index (χ2v) is 5.24. The van der Waals surface area contributed by atoms with Crippen LogP contribution in [0.1, 0.15) is 17.0 Å². The first kappa shape index (κ1) is 12.4. The van der Waals surface area contributed by atoms with E-state index in [0.29, 0.717) is 16.7 Å². The van der Waals surface area contributed by atoms with Crippen LogP contribution in [0.2, 0.25) is 5.02 Å². The zero-order valence-electron chi connectivity index (χ0n) is 10.8. The van der Waals surface area contributed by atoms with E-state index in [1.807, 2.05) is 18.2 Å². The molecule has 98 valence electrons. The van der Waals surface area contributed by atoms with Gasteiger partial charge in [-0.15, -0.1) is 0 Å². The number of rotatable bonds is 4. The van der Waals surface area contributed by atoms with Crippen molar-refractivity contribution in [3.8, 4) is 5.75 Å². The van der Waals surface area contributed by atoms with Crippen molar-refractivity contribution in [1.29, 1.82) is 0 Å². The van der Waals surface area contributed by atoms with Gasteiger partial charge in [0.25, 0.3) is 0 Å². The maximum absolute atomic E-state index is 6.01. The number of halogens is 1. The highest BCUT2D eigenvalue weighted by Crippen LogP contribution is 2.35. The summed E-state index contributed by atoms with van der Waals surface area (Å²) in [7, 11) is 1.63. The minimum absolute atomic E-state index is 0.609. The van der Waals surface area contributed by atoms with Crippen LogP contribution in [-0.2, 0) is 6.42 Å². The summed E-state index contributed by atoms with van der Waals surface area (Å²) in [6.45, 7) is 0.946. The first-order chi connectivity index (χ1) is 9.28. The van der Waals surface area contributed by atoms with E-state index in [4.69, 9.17) is 16.3 Å². The first-order valence-corrected chi connectivity index (χ1v) is 6.81. The van der Waals surface area contributed by atoms with Gasteiger partial charge in [0.15, 0.2) is 0 Å². The summed E-state index contributed by atoms with van der Waals surface area (Å²) in [5.41, 5.74) is 3.99. The van der Waals surface area contributed by atoms with Gasteiger partial charge in [-0.1, -0.05) is 35.9 Å². The summed E-state index contributed by atoms with van der Waals surface area (Å²) in [5, 5.41) is 4.09. The first-order valence-electron chi connectivity index (χ1n) is 6.43. The maximum Gasteiger partial charge on any atom is 0.139 e. The molecule has 2 aromatic carbocycles. The van der Waals surface area contributed by atoms with E-state index in [1.54, 1.807) is 7.11 Å². The summed E-state index contributed by atoms with van der Waals surface area (Å²) < 4.78 is 5.22. The molecule has 2 aromatic rings. The lowest BCUT2D eigenvalue weighted by atomic mass is 9.77. The number of fused-ring (bicyclic) bond motifs is 1. The zero-order valence-corrected chi connectivity index (χ0v) is 11.6. The molecule has 0 fully saturated rings.